The lowest BCUT2D eigenvalue weighted by Crippen LogP contribution is -2.29. The predicted molar refractivity (Wildman–Crippen MR) is 170 cm³/mol. The number of rotatable bonds is 7. The minimum Gasteiger partial charge on any atom is -0.497 e. The summed E-state index contributed by atoms with van der Waals surface area (Å²) in [4.78, 5) is 6.90. The van der Waals surface area contributed by atoms with Gasteiger partial charge in [-0.15, -0.1) is 0 Å². The number of nitrogens with zero attached hydrogens (tertiary/aromatic N) is 3. The van der Waals surface area contributed by atoms with Gasteiger partial charge in [-0.2, -0.15) is 0 Å². The van der Waals surface area contributed by atoms with Crippen molar-refractivity contribution in [3.05, 3.63) is 130 Å². The van der Waals surface area contributed by atoms with Crippen molar-refractivity contribution in [1.29, 1.82) is 0 Å². The molecule has 3 heterocycles. The molecule has 2 aromatic heterocycles. The lowest BCUT2D eigenvalue weighted by Gasteiger charge is -2.28. The van der Waals surface area contributed by atoms with Crippen LogP contribution in [-0.4, -0.2) is 21.8 Å². The molecule has 0 radical (unpaired) electrons. The molecule has 5 aromatic rings. The van der Waals surface area contributed by atoms with E-state index in [-0.39, 0.29) is 12.1 Å². The summed E-state index contributed by atoms with van der Waals surface area (Å²) in [5.74, 6) is 2.27. The normalized spacial score (nSPS) is 16.5. The molecule has 6 nitrogen and oxygen atoms in total. The monoisotopic (exact) mass is 624 g/mol. The number of benzene rings is 3. The summed E-state index contributed by atoms with van der Waals surface area (Å²) >= 11 is 9.52. The third-order valence-corrected chi connectivity index (χ3v) is 8.23. The molecule has 0 unspecified atom stereocenters. The zero-order valence-electron chi connectivity index (χ0n) is 22.9. The quantitative estimate of drug-likeness (QED) is 0.184. The molecule has 1 aliphatic rings. The van der Waals surface area contributed by atoms with Crippen LogP contribution in [0.15, 0.2) is 108 Å². The molecule has 0 spiro atoms. The van der Waals surface area contributed by atoms with E-state index >= 15 is 0 Å². The Bertz CT molecular complexity index is 1670. The topological polar surface area (TPSA) is 51.6 Å². The van der Waals surface area contributed by atoms with Crippen molar-refractivity contribution in [1.82, 2.24) is 14.9 Å². The Morgan fingerprint density at radius 2 is 1.46 bits per heavy atom. The van der Waals surface area contributed by atoms with Crippen molar-refractivity contribution in [3.8, 4) is 22.9 Å². The summed E-state index contributed by atoms with van der Waals surface area (Å²) in [5, 5.41) is 4.23. The number of thiocarbonyl (C=S) groups is 1. The van der Waals surface area contributed by atoms with E-state index in [2.05, 4.69) is 93.1 Å². The van der Waals surface area contributed by atoms with Crippen LogP contribution >= 0.6 is 28.1 Å². The smallest absolute Gasteiger partial charge is 0.174 e. The lowest BCUT2D eigenvalue weighted by molar-refractivity contribution is 0.413. The van der Waals surface area contributed by atoms with Crippen molar-refractivity contribution in [2.45, 2.75) is 25.9 Å². The number of ether oxygens (including phenoxy) is 2. The van der Waals surface area contributed by atoms with Gasteiger partial charge in [0.1, 0.15) is 17.2 Å². The molecule has 0 amide bonds. The number of halogens is 1. The number of aromatic nitrogens is 2. The molecule has 1 aliphatic heterocycles. The highest BCUT2D eigenvalue weighted by molar-refractivity contribution is 9.10. The fourth-order valence-corrected chi connectivity index (χ4v) is 6.09. The maximum atomic E-state index is 6.08. The zero-order valence-corrected chi connectivity index (χ0v) is 25.3. The second kappa shape index (κ2) is 11.4. The van der Waals surface area contributed by atoms with Crippen LogP contribution in [0.3, 0.4) is 0 Å². The third kappa shape index (κ3) is 5.33. The maximum Gasteiger partial charge on any atom is 0.174 e. The Balaban J connectivity index is 1.38. The van der Waals surface area contributed by atoms with E-state index in [9.17, 15) is 0 Å². The highest BCUT2D eigenvalue weighted by Crippen LogP contribution is 2.44. The molecule has 41 heavy (non-hydrogen) atoms. The van der Waals surface area contributed by atoms with Gasteiger partial charge in [0.15, 0.2) is 5.11 Å². The fraction of sp³-hybridized carbons (Fsp3) is 0.152. The summed E-state index contributed by atoms with van der Waals surface area (Å²) < 4.78 is 14.7. The Hall–Kier alpha value is -4.14. The second-order valence-electron chi connectivity index (χ2n) is 9.91. The van der Waals surface area contributed by atoms with Gasteiger partial charge in [0.25, 0.3) is 0 Å². The minimum atomic E-state index is -0.127. The Kier molecular flexibility index (Phi) is 7.51. The first-order chi connectivity index (χ1) is 19.9. The number of hydrogen-bond acceptors (Lipinski definition) is 4. The summed E-state index contributed by atoms with van der Waals surface area (Å²) in [5.41, 5.74) is 6.53. The third-order valence-electron chi connectivity index (χ3n) is 7.38. The van der Waals surface area contributed by atoms with E-state index in [1.165, 1.54) is 5.56 Å². The van der Waals surface area contributed by atoms with E-state index in [1.54, 1.807) is 7.11 Å². The average Bonchev–Trinajstić information content (AvgIpc) is 3.49. The summed E-state index contributed by atoms with van der Waals surface area (Å²) in [6, 6.07) is 32.0. The highest BCUT2D eigenvalue weighted by Gasteiger charge is 2.42. The van der Waals surface area contributed by atoms with Crippen molar-refractivity contribution >= 4 is 38.9 Å². The van der Waals surface area contributed by atoms with Gasteiger partial charge in [-0.25, -0.2) is 0 Å². The largest absolute Gasteiger partial charge is 0.497 e. The van der Waals surface area contributed by atoms with Crippen LogP contribution in [0.4, 0.5) is 5.69 Å². The molecular weight excluding hydrogens is 596 g/mol. The molecule has 0 bridgehead atoms. The van der Waals surface area contributed by atoms with Crippen LogP contribution < -0.4 is 19.7 Å². The summed E-state index contributed by atoms with van der Waals surface area (Å²) in [7, 11) is 1.65. The second-order valence-corrected chi connectivity index (χ2v) is 11.2. The molecule has 8 heteroatoms. The molecule has 1 N–H and O–H groups in total. The van der Waals surface area contributed by atoms with Crippen LogP contribution in [0.25, 0.3) is 5.69 Å². The summed E-state index contributed by atoms with van der Waals surface area (Å²) in [6.45, 7) is 4.32. The van der Waals surface area contributed by atoms with E-state index in [4.69, 9.17) is 26.7 Å². The standard InChI is InChI=1S/C33H29BrN4O2S/c1-21-20-29(22(2)37(21)24-9-7-23(34)8-10-24)32-31(30-6-4-5-19-35-30)36-33(41)38(32)25-11-13-27(14-12-25)40-28-17-15-26(39-3)16-18-28/h4-20,31-32H,1-3H3,(H,36,41)/t31-,32+/m1/s1. The number of nitrogens with one attached hydrogen (secondary N) is 1. The molecule has 1 saturated heterocycles. The van der Waals surface area contributed by atoms with Gasteiger partial charge >= 0.3 is 0 Å². The lowest BCUT2D eigenvalue weighted by atomic mass is 9.96. The number of methoxy groups -OCH3 is 1. The van der Waals surface area contributed by atoms with Crippen LogP contribution in [0, 0.1) is 13.8 Å². The molecule has 2 atom stereocenters. The van der Waals surface area contributed by atoms with Crippen molar-refractivity contribution in [2.75, 3.05) is 12.0 Å². The van der Waals surface area contributed by atoms with E-state index in [1.807, 2.05) is 54.7 Å². The molecule has 0 aliphatic carbocycles. The number of pyridine rings is 1. The average molecular weight is 626 g/mol. The molecular formula is C33H29BrN4O2S. The molecule has 1 fully saturated rings. The minimum absolute atomic E-state index is 0.110. The van der Waals surface area contributed by atoms with E-state index in [0.717, 1.165) is 50.2 Å². The maximum absolute atomic E-state index is 6.08. The van der Waals surface area contributed by atoms with E-state index in [0.29, 0.717) is 5.11 Å². The van der Waals surface area contributed by atoms with Crippen LogP contribution in [0.5, 0.6) is 17.2 Å². The van der Waals surface area contributed by atoms with Crippen LogP contribution in [0.1, 0.15) is 34.7 Å². The number of aryl methyl sites for hydroxylation is 1. The Morgan fingerprint density at radius 3 is 2.10 bits per heavy atom. The van der Waals surface area contributed by atoms with Gasteiger partial charge in [0.2, 0.25) is 0 Å². The number of hydrogen-bond donors (Lipinski definition) is 1. The molecule has 206 valence electrons. The summed E-state index contributed by atoms with van der Waals surface area (Å²) in [6.07, 6.45) is 1.83. The van der Waals surface area contributed by atoms with Gasteiger partial charge in [-0.3, -0.25) is 4.98 Å². The molecule has 0 saturated carbocycles. The molecule has 3 aromatic carbocycles. The predicted octanol–water partition coefficient (Wildman–Crippen LogP) is 8.23. The first kappa shape index (κ1) is 27.1. The highest BCUT2D eigenvalue weighted by atomic mass is 79.9. The van der Waals surface area contributed by atoms with Gasteiger partial charge in [-0.1, -0.05) is 22.0 Å². The fourth-order valence-electron chi connectivity index (χ4n) is 5.48. The van der Waals surface area contributed by atoms with Crippen molar-refractivity contribution < 1.29 is 9.47 Å². The van der Waals surface area contributed by atoms with Gasteiger partial charge in [-0.05, 0) is 123 Å². The van der Waals surface area contributed by atoms with Crippen LogP contribution in [-0.2, 0) is 0 Å². The first-order valence-corrected chi connectivity index (χ1v) is 14.5. The van der Waals surface area contributed by atoms with Crippen molar-refractivity contribution in [2.24, 2.45) is 0 Å². The Labute approximate surface area is 253 Å². The number of anilines is 1. The van der Waals surface area contributed by atoms with Gasteiger partial charge in [0, 0.05) is 33.4 Å². The molecule has 6 rings (SSSR count). The first-order valence-electron chi connectivity index (χ1n) is 13.3. The van der Waals surface area contributed by atoms with Gasteiger partial charge < -0.3 is 24.3 Å². The van der Waals surface area contributed by atoms with Gasteiger partial charge in [0.05, 0.1) is 24.9 Å². The van der Waals surface area contributed by atoms with Crippen molar-refractivity contribution in [3.63, 3.8) is 0 Å². The van der Waals surface area contributed by atoms with Crippen LogP contribution in [0.2, 0.25) is 0 Å². The van der Waals surface area contributed by atoms with E-state index < -0.39 is 0 Å². The SMILES string of the molecule is COc1ccc(Oc2ccc(N3C(=S)N[C@H](c4ccccn4)[C@@H]3c3cc(C)n(-c4ccc(Br)cc4)c3C)cc2)cc1. The zero-order chi connectivity index (χ0) is 28.5. The Morgan fingerprint density at radius 1 is 0.829 bits per heavy atom.